The summed E-state index contributed by atoms with van der Waals surface area (Å²) in [6.45, 7) is 3.67. The predicted molar refractivity (Wildman–Crippen MR) is 249 cm³/mol. The Kier molecular flexibility index (Phi) is 42.1. The molecule has 0 heterocycles. The van der Waals surface area contributed by atoms with E-state index >= 15 is 0 Å². The lowest BCUT2D eigenvalue weighted by Gasteiger charge is -2.20. The van der Waals surface area contributed by atoms with E-state index in [9.17, 15) is 19.0 Å². The Morgan fingerprint density at radius 1 is 0.550 bits per heavy atom. The summed E-state index contributed by atoms with van der Waals surface area (Å²) in [6.07, 6.45) is 56.3. The van der Waals surface area contributed by atoms with Crippen LogP contribution in [0.25, 0.3) is 0 Å². The molecular weight excluding hydrogens is 778 g/mol. The SMILES string of the molecule is CC/C=C\C/C=C\C/C=C\C/C=C\C/C=C\CCCCCCCCCCOCC(COP(=O)(O)OCC(N)C(=O)O)OC(=O)CCCCCCC/C=C\C/C=C\CCCC. The van der Waals surface area contributed by atoms with E-state index in [-0.39, 0.29) is 13.0 Å². The fraction of sp³-hybridized carbons (Fsp3) is 0.673. The lowest BCUT2D eigenvalue weighted by Crippen LogP contribution is -2.34. The van der Waals surface area contributed by atoms with Gasteiger partial charge in [-0.15, -0.1) is 0 Å². The van der Waals surface area contributed by atoms with Crippen LogP contribution in [0, 0.1) is 0 Å². The Morgan fingerprint density at radius 2 is 0.967 bits per heavy atom. The zero-order valence-corrected chi connectivity index (χ0v) is 38.4. The first-order valence-electron chi connectivity index (χ1n) is 23.1. The first-order chi connectivity index (χ1) is 29.2. The summed E-state index contributed by atoms with van der Waals surface area (Å²) in [6, 6.07) is -1.48. The first-order valence-corrected chi connectivity index (χ1v) is 24.6. The highest BCUT2D eigenvalue weighted by Crippen LogP contribution is 2.43. The maximum Gasteiger partial charge on any atom is 0.472 e. The maximum absolute atomic E-state index is 12.6. The number of phosphoric acid groups is 1. The monoisotopic (exact) mass is 862 g/mol. The zero-order valence-electron chi connectivity index (χ0n) is 37.5. The number of carbonyl (C=O) groups is 2. The second kappa shape index (κ2) is 44.2. The number of carboxylic acids is 1. The van der Waals surface area contributed by atoms with Crippen molar-refractivity contribution in [1.29, 1.82) is 0 Å². The van der Waals surface area contributed by atoms with Crippen LogP contribution in [-0.2, 0) is 32.7 Å². The topological polar surface area (TPSA) is 155 Å². The van der Waals surface area contributed by atoms with E-state index < -0.39 is 45.1 Å². The highest BCUT2D eigenvalue weighted by Gasteiger charge is 2.27. The Morgan fingerprint density at radius 3 is 1.45 bits per heavy atom. The molecule has 11 heteroatoms. The summed E-state index contributed by atoms with van der Waals surface area (Å²) in [5.41, 5.74) is 5.36. The van der Waals surface area contributed by atoms with Crippen molar-refractivity contribution >= 4 is 19.8 Å². The number of hydrogen-bond donors (Lipinski definition) is 3. The van der Waals surface area contributed by atoms with Gasteiger partial charge in [0.2, 0.25) is 0 Å². The van der Waals surface area contributed by atoms with E-state index in [4.69, 9.17) is 29.4 Å². The van der Waals surface area contributed by atoms with Gasteiger partial charge in [-0.25, -0.2) is 4.57 Å². The van der Waals surface area contributed by atoms with Crippen LogP contribution < -0.4 is 5.73 Å². The van der Waals surface area contributed by atoms with Gasteiger partial charge in [-0.1, -0.05) is 170 Å². The van der Waals surface area contributed by atoms with Crippen molar-refractivity contribution in [2.24, 2.45) is 5.73 Å². The molecule has 0 aliphatic heterocycles. The summed E-state index contributed by atoms with van der Waals surface area (Å²) in [5, 5.41) is 8.91. The van der Waals surface area contributed by atoms with Gasteiger partial charge in [-0.3, -0.25) is 18.6 Å². The number of unbranched alkanes of at least 4 members (excludes halogenated alkanes) is 15. The number of ether oxygens (including phenoxy) is 2. The number of rotatable bonds is 43. The molecule has 0 saturated heterocycles. The van der Waals surface area contributed by atoms with Crippen LogP contribution in [0.5, 0.6) is 0 Å². The van der Waals surface area contributed by atoms with Gasteiger partial charge in [0.25, 0.3) is 0 Å². The average molecular weight is 862 g/mol. The Bertz CT molecular complexity index is 1270. The molecule has 0 amide bonds. The molecule has 0 aromatic rings. The molecule has 0 spiro atoms. The van der Waals surface area contributed by atoms with Crippen molar-refractivity contribution in [1.82, 2.24) is 0 Å². The summed E-state index contributed by atoms with van der Waals surface area (Å²) < 4.78 is 33.4. The summed E-state index contributed by atoms with van der Waals surface area (Å²) >= 11 is 0. The number of esters is 1. The van der Waals surface area contributed by atoms with Crippen molar-refractivity contribution in [3.8, 4) is 0 Å². The third kappa shape index (κ3) is 43.2. The van der Waals surface area contributed by atoms with Crippen LogP contribution in [0.3, 0.4) is 0 Å². The highest BCUT2D eigenvalue weighted by molar-refractivity contribution is 7.47. The zero-order chi connectivity index (χ0) is 44.0. The fourth-order valence-electron chi connectivity index (χ4n) is 5.82. The lowest BCUT2D eigenvalue weighted by atomic mass is 10.1. The largest absolute Gasteiger partial charge is 0.480 e. The molecule has 0 aliphatic carbocycles. The number of aliphatic carboxylic acids is 1. The third-order valence-corrected chi connectivity index (χ3v) is 10.4. The molecule has 60 heavy (non-hydrogen) atoms. The van der Waals surface area contributed by atoms with Gasteiger partial charge in [-0.2, -0.15) is 0 Å². The van der Waals surface area contributed by atoms with E-state index in [1.54, 1.807) is 0 Å². The number of carbonyl (C=O) groups excluding carboxylic acids is 1. The smallest absolute Gasteiger partial charge is 0.472 e. The summed E-state index contributed by atoms with van der Waals surface area (Å²) in [5.74, 6) is -1.80. The summed E-state index contributed by atoms with van der Waals surface area (Å²) in [4.78, 5) is 33.6. The minimum Gasteiger partial charge on any atom is -0.480 e. The quantitative estimate of drug-likeness (QED) is 0.0233. The molecule has 0 rings (SSSR count). The van der Waals surface area contributed by atoms with Crippen LogP contribution in [0.2, 0.25) is 0 Å². The van der Waals surface area contributed by atoms with Crippen molar-refractivity contribution in [2.45, 2.75) is 187 Å². The second-order valence-corrected chi connectivity index (χ2v) is 16.6. The average Bonchev–Trinajstić information content (AvgIpc) is 3.23. The molecule has 0 aliphatic rings. The predicted octanol–water partition coefficient (Wildman–Crippen LogP) is 13.1. The molecule has 344 valence electrons. The van der Waals surface area contributed by atoms with Gasteiger partial charge in [0.15, 0.2) is 0 Å². The molecule has 3 unspecified atom stereocenters. The van der Waals surface area contributed by atoms with Gasteiger partial charge in [0.1, 0.15) is 12.1 Å². The van der Waals surface area contributed by atoms with Crippen LogP contribution >= 0.6 is 7.82 Å². The third-order valence-electron chi connectivity index (χ3n) is 9.41. The van der Waals surface area contributed by atoms with Gasteiger partial charge in [-0.05, 0) is 83.5 Å². The number of allylic oxidation sites excluding steroid dienone is 14. The molecule has 0 fully saturated rings. The number of hydrogen-bond acceptors (Lipinski definition) is 8. The van der Waals surface area contributed by atoms with Crippen LogP contribution in [-0.4, -0.2) is 60.5 Å². The molecule has 0 aromatic heterocycles. The number of phosphoric ester groups is 1. The standard InChI is InChI=1S/C49H84NO9P/c1-3-5-7-9-11-13-15-17-19-20-21-22-23-24-25-26-27-28-30-32-34-36-38-40-42-56-43-46(44-57-60(54,55)58-45-47(50)49(52)53)59-48(51)41-39-37-35-33-31-29-18-16-14-12-10-8-6-4-2/h5,7,10-13,16-19,21-22,24-25,46-47H,3-4,6,8-9,14-15,20,23,26-45,50H2,1-2H3,(H,52,53)(H,54,55)/b7-5-,12-10-,13-11-,18-16-,19-17-,22-21-,25-24-. The lowest BCUT2D eigenvalue weighted by molar-refractivity contribution is -0.154. The van der Waals surface area contributed by atoms with E-state index in [0.29, 0.717) is 13.0 Å². The Labute approximate surface area is 365 Å². The Hall–Kier alpha value is -2.85. The highest BCUT2D eigenvalue weighted by atomic mass is 31.2. The molecule has 3 atom stereocenters. The summed E-state index contributed by atoms with van der Waals surface area (Å²) in [7, 11) is -4.63. The molecule has 0 aromatic carbocycles. The molecule has 0 radical (unpaired) electrons. The van der Waals surface area contributed by atoms with Crippen LogP contribution in [0.15, 0.2) is 85.1 Å². The van der Waals surface area contributed by atoms with Crippen molar-refractivity contribution in [3.05, 3.63) is 85.1 Å². The molecule has 10 nitrogen and oxygen atoms in total. The molecule has 0 bridgehead atoms. The van der Waals surface area contributed by atoms with Crippen molar-refractivity contribution in [2.75, 3.05) is 26.4 Å². The minimum absolute atomic E-state index is 0.000315. The number of carboxylic acid groups (broad SMARTS) is 1. The van der Waals surface area contributed by atoms with E-state index in [1.165, 1.54) is 44.9 Å². The van der Waals surface area contributed by atoms with Crippen molar-refractivity contribution in [3.63, 3.8) is 0 Å². The minimum atomic E-state index is -4.63. The van der Waals surface area contributed by atoms with Gasteiger partial charge in [0.05, 0.1) is 19.8 Å². The Balaban J connectivity index is 4.21. The fourth-order valence-corrected chi connectivity index (χ4v) is 6.60. The molecule has 4 N–H and O–H groups in total. The van der Waals surface area contributed by atoms with E-state index in [2.05, 4.69) is 98.9 Å². The van der Waals surface area contributed by atoms with Crippen molar-refractivity contribution < 1.29 is 42.7 Å². The maximum atomic E-state index is 12.6. The van der Waals surface area contributed by atoms with Gasteiger partial charge in [0, 0.05) is 13.0 Å². The van der Waals surface area contributed by atoms with Gasteiger partial charge < -0.3 is 25.2 Å². The van der Waals surface area contributed by atoms with E-state index in [1.807, 2.05) is 0 Å². The van der Waals surface area contributed by atoms with Gasteiger partial charge >= 0.3 is 19.8 Å². The molecule has 0 saturated carbocycles. The first kappa shape index (κ1) is 57.1. The van der Waals surface area contributed by atoms with Crippen LogP contribution in [0.4, 0.5) is 0 Å². The molecular formula is C49H84NO9P. The number of nitrogens with two attached hydrogens (primary N) is 1. The second-order valence-electron chi connectivity index (χ2n) is 15.1. The van der Waals surface area contributed by atoms with E-state index in [0.717, 1.165) is 103 Å². The van der Waals surface area contributed by atoms with Crippen LogP contribution in [0.1, 0.15) is 174 Å². The normalized spacial score (nSPS) is 14.6.